The third-order valence-corrected chi connectivity index (χ3v) is 9.94. The maximum absolute atomic E-state index is 12.1. The van der Waals surface area contributed by atoms with Gasteiger partial charge in [0.1, 0.15) is 10.1 Å². The first-order chi connectivity index (χ1) is 20.5. The summed E-state index contributed by atoms with van der Waals surface area (Å²) in [5, 5.41) is 1.65. The number of rotatable bonds is 27. The van der Waals surface area contributed by atoms with Gasteiger partial charge in [-0.15, -0.1) is 0 Å². The van der Waals surface area contributed by atoms with E-state index in [2.05, 4.69) is 19.9 Å². The van der Waals surface area contributed by atoms with Crippen molar-refractivity contribution in [1.82, 2.24) is 0 Å². The van der Waals surface area contributed by atoms with Gasteiger partial charge in [0.2, 0.25) is 0 Å². The first-order valence-electron chi connectivity index (χ1n) is 18.0. The summed E-state index contributed by atoms with van der Waals surface area (Å²) in [4.78, 5) is -0.0625. The number of fused-ring (bicyclic) bond motifs is 1. The fraction of sp³-hybridized carbons (Fsp3) is 0.737. The molecule has 0 fully saturated rings. The molecule has 0 aliphatic heterocycles. The van der Waals surface area contributed by atoms with Gasteiger partial charge >= 0.3 is 51.4 Å². The Balaban J connectivity index is 0.00000924. The molecule has 0 N–H and O–H groups in total. The van der Waals surface area contributed by atoms with Gasteiger partial charge in [0.25, 0.3) is 0 Å². The van der Waals surface area contributed by atoms with E-state index in [1.165, 1.54) is 152 Å². The van der Waals surface area contributed by atoms with Crippen LogP contribution < -0.4 is 51.4 Å². The molecule has 3 nitrogen and oxygen atoms in total. The van der Waals surface area contributed by atoms with Crippen molar-refractivity contribution in [3.8, 4) is 0 Å². The Kier molecular flexibility index (Phi) is 25.3. The first kappa shape index (κ1) is 41.3. The molecular formula is C38H63KO3S. The molecule has 0 aliphatic rings. The zero-order valence-electron chi connectivity index (χ0n) is 28.4. The summed E-state index contributed by atoms with van der Waals surface area (Å²) < 4.78 is 36.2. The average Bonchev–Trinajstić information content (AvgIpc) is 2.97. The van der Waals surface area contributed by atoms with Crippen LogP contribution in [-0.4, -0.2) is 13.0 Å². The van der Waals surface area contributed by atoms with Crippen molar-refractivity contribution in [2.75, 3.05) is 0 Å². The second kappa shape index (κ2) is 26.3. The Morgan fingerprint density at radius 3 is 1.21 bits per heavy atom. The Morgan fingerprint density at radius 2 is 0.837 bits per heavy atom. The number of aryl methyl sites for hydroxylation is 2. The van der Waals surface area contributed by atoms with Gasteiger partial charge in [0.05, 0.1) is 4.90 Å². The Morgan fingerprint density at radius 1 is 0.488 bits per heavy atom. The number of hydrogen-bond acceptors (Lipinski definition) is 3. The molecule has 0 aromatic heterocycles. The molecule has 5 heteroatoms. The van der Waals surface area contributed by atoms with Gasteiger partial charge in [-0.05, 0) is 53.6 Å². The van der Waals surface area contributed by atoms with E-state index in [-0.39, 0.29) is 56.3 Å². The minimum Gasteiger partial charge on any atom is -0.744 e. The van der Waals surface area contributed by atoms with Crippen LogP contribution in [0.2, 0.25) is 0 Å². The molecule has 0 saturated carbocycles. The molecule has 2 aromatic rings. The van der Waals surface area contributed by atoms with Gasteiger partial charge in [0, 0.05) is 0 Å². The molecule has 240 valence electrons. The third kappa shape index (κ3) is 18.2. The zero-order valence-corrected chi connectivity index (χ0v) is 32.3. The fourth-order valence-corrected chi connectivity index (χ4v) is 7.16. The van der Waals surface area contributed by atoms with Gasteiger partial charge in [-0.25, -0.2) is 8.42 Å². The van der Waals surface area contributed by atoms with Crippen LogP contribution in [-0.2, 0) is 23.0 Å². The Hall–Kier alpha value is 0.246. The average molecular weight is 639 g/mol. The first-order valence-corrected chi connectivity index (χ1v) is 19.4. The molecule has 0 bridgehead atoms. The summed E-state index contributed by atoms with van der Waals surface area (Å²) in [6.07, 6.45) is 33.7. The molecule has 43 heavy (non-hydrogen) atoms. The SMILES string of the molecule is CCCCCCCCCCCCCCc1cccc2c(S(=O)(=O)[O-])ccc(CCCCCCCCCCCCCC)c12.[K+]. The van der Waals surface area contributed by atoms with E-state index in [4.69, 9.17) is 0 Å². The Labute approximate surface area is 309 Å². The maximum Gasteiger partial charge on any atom is 1.00 e. The largest absolute Gasteiger partial charge is 1.00 e. The van der Waals surface area contributed by atoms with Gasteiger partial charge in [-0.1, -0.05) is 179 Å². The van der Waals surface area contributed by atoms with Gasteiger partial charge in [0.15, 0.2) is 0 Å². The molecule has 0 amide bonds. The molecule has 0 atom stereocenters. The van der Waals surface area contributed by atoms with Crippen LogP contribution in [0, 0.1) is 0 Å². The van der Waals surface area contributed by atoms with Gasteiger partial charge in [-0.3, -0.25) is 0 Å². The van der Waals surface area contributed by atoms with Crippen molar-refractivity contribution in [2.45, 2.75) is 186 Å². The van der Waals surface area contributed by atoms with E-state index in [1.807, 2.05) is 18.2 Å². The van der Waals surface area contributed by atoms with E-state index in [9.17, 15) is 13.0 Å². The van der Waals surface area contributed by atoms with Gasteiger partial charge in [-0.2, -0.15) is 0 Å². The van der Waals surface area contributed by atoms with Crippen LogP contribution in [0.1, 0.15) is 179 Å². The molecular weight excluding hydrogens is 576 g/mol. The fourth-order valence-electron chi connectivity index (χ4n) is 6.48. The van der Waals surface area contributed by atoms with Crippen molar-refractivity contribution in [1.29, 1.82) is 0 Å². The second-order valence-electron chi connectivity index (χ2n) is 12.8. The predicted molar refractivity (Wildman–Crippen MR) is 181 cm³/mol. The maximum atomic E-state index is 12.1. The molecule has 0 spiro atoms. The van der Waals surface area contributed by atoms with E-state index < -0.39 is 10.1 Å². The van der Waals surface area contributed by atoms with Crippen LogP contribution in [0.3, 0.4) is 0 Å². The Bertz CT molecular complexity index is 1030. The van der Waals surface area contributed by atoms with E-state index in [0.29, 0.717) is 5.39 Å². The molecule has 0 aliphatic carbocycles. The summed E-state index contributed by atoms with van der Waals surface area (Å²) in [7, 11) is -4.51. The van der Waals surface area contributed by atoms with E-state index in [1.54, 1.807) is 6.07 Å². The zero-order chi connectivity index (χ0) is 30.3. The third-order valence-electron chi connectivity index (χ3n) is 9.04. The van der Waals surface area contributed by atoms with Crippen LogP contribution in [0.4, 0.5) is 0 Å². The minimum atomic E-state index is -4.51. The molecule has 0 radical (unpaired) electrons. The van der Waals surface area contributed by atoms with Crippen molar-refractivity contribution in [3.05, 3.63) is 41.5 Å². The molecule has 2 aromatic carbocycles. The van der Waals surface area contributed by atoms with E-state index >= 15 is 0 Å². The van der Waals surface area contributed by atoms with Crippen LogP contribution in [0.15, 0.2) is 35.2 Å². The van der Waals surface area contributed by atoms with Crippen LogP contribution in [0.25, 0.3) is 10.8 Å². The van der Waals surface area contributed by atoms with Crippen molar-refractivity contribution >= 4 is 20.9 Å². The molecule has 0 unspecified atom stereocenters. The summed E-state index contributed by atoms with van der Waals surface area (Å²) in [5.74, 6) is 0. The summed E-state index contributed by atoms with van der Waals surface area (Å²) >= 11 is 0. The quantitative estimate of drug-likeness (QED) is 0.0557. The summed E-state index contributed by atoms with van der Waals surface area (Å²) in [6.45, 7) is 4.54. The van der Waals surface area contributed by atoms with E-state index in [0.717, 1.165) is 31.1 Å². The van der Waals surface area contributed by atoms with Crippen molar-refractivity contribution < 1.29 is 64.4 Å². The molecule has 2 rings (SSSR count). The standard InChI is InChI=1S/C38H64O3S.K/c1-3-5-7-9-11-13-15-17-19-21-23-25-28-34-30-27-31-36-37(42(39,40)41)33-32-35(38(34)36)29-26-24-22-20-18-16-14-12-10-8-6-4-2;/h27,30-33H,3-26,28-29H2,1-2H3,(H,39,40,41);/q;+1/p-1. The predicted octanol–water partition coefficient (Wildman–Crippen LogP) is 9.24. The molecule has 0 heterocycles. The normalized spacial score (nSPS) is 11.7. The van der Waals surface area contributed by atoms with Crippen molar-refractivity contribution in [3.63, 3.8) is 0 Å². The van der Waals surface area contributed by atoms with Crippen LogP contribution in [0.5, 0.6) is 0 Å². The topological polar surface area (TPSA) is 57.2 Å². The van der Waals surface area contributed by atoms with Gasteiger partial charge < -0.3 is 4.55 Å². The summed E-state index contributed by atoms with van der Waals surface area (Å²) in [6, 6.07) is 9.37. The monoisotopic (exact) mass is 638 g/mol. The number of hydrogen-bond donors (Lipinski definition) is 0. The summed E-state index contributed by atoms with van der Waals surface area (Å²) in [5.41, 5.74) is 2.41. The second-order valence-corrected chi connectivity index (χ2v) is 14.1. The van der Waals surface area contributed by atoms with Crippen molar-refractivity contribution in [2.24, 2.45) is 0 Å². The smallest absolute Gasteiger partial charge is 0.744 e. The molecule has 0 saturated heterocycles. The number of unbranched alkanes of at least 4 members (excludes halogenated alkanes) is 22. The number of benzene rings is 2. The van der Waals surface area contributed by atoms with Crippen LogP contribution >= 0.6 is 0 Å². The minimum absolute atomic E-state index is 0.